The van der Waals surface area contributed by atoms with Crippen molar-refractivity contribution >= 4 is 11.9 Å². The highest BCUT2D eigenvalue weighted by atomic mass is 16.6. The number of nitrogens with one attached hydrogen (secondary N) is 1. The zero-order chi connectivity index (χ0) is 19.0. The molecule has 9 nitrogen and oxygen atoms in total. The molecule has 0 aliphatic heterocycles. The van der Waals surface area contributed by atoms with E-state index in [-0.39, 0.29) is 6.54 Å². The molecule has 0 aromatic heterocycles. The second kappa shape index (κ2) is 15.0. The van der Waals surface area contributed by atoms with Crippen LogP contribution in [0.2, 0.25) is 0 Å². The van der Waals surface area contributed by atoms with Crippen molar-refractivity contribution in [1.82, 2.24) is 5.32 Å². The van der Waals surface area contributed by atoms with Gasteiger partial charge < -0.3 is 34.1 Å². The predicted octanol–water partition coefficient (Wildman–Crippen LogP) is -0.0738. The number of hydrogen-bond acceptors (Lipinski definition) is 7. The first-order chi connectivity index (χ1) is 11.9. The maximum atomic E-state index is 11.6. The Morgan fingerprint density at radius 1 is 0.800 bits per heavy atom. The van der Waals surface area contributed by atoms with E-state index in [1.165, 1.54) is 13.8 Å². The van der Waals surface area contributed by atoms with Gasteiger partial charge in [0, 0.05) is 13.7 Å². The van der Waals surface area contributed by atoms with Crippen LogP contribution in [0.25, 0.3) is 0 Å². The quantitative estimate of drug-likeness (QED) is 0.272. The highest BCUT2D eigenvalue weighted by molar-refractivity contribution is 6.00. The van der Waals surface area contributed by atoms with Crippen LogP contribution in [0.3, 0.4) is 0 Å². The van der Waals surface area contributed by atoms with Crippen LogP contribution in [-0.2, 0) is 33.3 Å². The Labute approximate surface area is 148 Å². The standard InChI is InChI=1S/C16H31NO8/c1-16(2,15(19)20)14(18)17-4-5-22-8-9-24-12-13-25-11-10-23-7-6-21-3/h4-13H2,1-3H3,(H,17,18)(H,19,20). The maximum absolute atomic E-state index is 11.6. The number of aliphatic carboxylic acids is 1. The lowest BCUT2D eigenvalue weighted by atomic mass is 9.93. The summed E-state index contributed by atoms with van der Waals surface area (Å²) in [6.07, 6.45) is 0. The van der Waals surface area contributed by atoms with Gasteiger partial charge in [-0.2, -0.15) is 0 Å². The van der Waals surface area contributed by atoms with E-state index < -0.39 is 17.3 Å². The fraction of sp³-hybridized carbons (Fsp3) is 0.875. The molecule has 0 fully saturated rings. The number of carbonyl (C=O) groups excluding carboxylic acids is 1. The maximum Gasteiger partial charge on any atom is 0.318 e. The number of amides is 1. The molecule has 9 heteroatoms. The number of methoxy groups -OCH3 is 1. The third-order valence-electron chi connectivity index (χ3n) is 3.18. The topological polar surface area (TPSA) is 113 Å². The lowest BCUT2D eigenvalue weighted by molar-refractivity contribution is -0.153. The van der Waals surface area contributed by atoms with E-state index in [1.54, 1.807) is 7.11 Å². The molecule has 0 radical (unpaired) electrons. The fourth-order valence-corrected chi connectivity index (χ4v) is 1.46. The Balaban J connectivity index is 3.29. The average molecular weight is 365 g/mol. The molecule has 0 aromatic rings. The molecule has 25 heavy (non-hydrogen) atoms. The number of hydrogen-bond donors (Lipinski definition) is 2. The van der Waals surface area contributed by atoms with Gasteiger partial charge in [-0.1, -0.05) is 0 Å². The van der Waals surface area contributed by atoms with Crippen LogP contribution in [-0.4, -0.2) is 90.1 Å². The van der Waals surface area contributed by atoms with Crippen molar-refractivity contribution < 1.29 is 38.4 Å². The Morgan fingerprint density at radius 2 is 1.20 bits per heavy atom. The minimum atomic E-state index is -1.45. The summed E-state index contributed by atoms with van der Waals surface area (Å²) >= 11 is 0. The molecule has 0 saturated heterocycles. The molecular weight excluding hydrogens is 334 g/mol. The smallest absolute Gasteiger partial charge is 0.318 e. The molecular formula is C16H31NO8. The third kappa shape index (κ3) is 12.7. The second-order valence-corrected chi connectivity index (χ2v) is 5.63. The molecule has 0 heterocycles. The van der Waals surface area contributed by atoms with E-state index in [1.807, 2.05) is 0 Å². The Morgan fingerprint density at radius 3 is 1.60 bits per heavy atom. The summed E-state index contributed by atoms with van der Waals surface area (Å²) in [5.74, 6) is -1.70. The Hall–Kier alpha value is -1.26. The van der Waals surface area contributed by atoms with Gasteiger partial charge in [0.05, 0.1) is 59.5 Å². The first-order valence-corrected chi connectivity index (χ1v) is 8.24. The summed E-state index contributed by atoms with van der Waals surface area (Å²) in [5.41, 5.74) is -1.45. The Bertz CT molecular complexity index is 362. The largest absolute Gasteiger partial charge is 0.480 e. The first kappa shape index (κ1) is 23.7. The molecule has 148 valence electrons. The number of carboxylic acids is 1. The van der Waals surface area contributed by atoms with Crippen LogP contribution < -0.4 is 5.32 Å². The molecule has 0 saturated carbocycles. The Kier molecular flexibility index (Phi) is 14.3. The molecule has 0 unspecified atom stereocenters. The average Bonchev–Trinajstić information content (AvgIpc) is 2.57. The molecule has 2 N–H and O–H groups in total. The molecule has 0 rings (SSSR count). The molecule has 0 aliphatic rings. The van der Waals surface area contributed by atoms with Gasteiger partial charge in [0.25, 0.3) is 0 Å². The second-order valence-electron chi connectivity index (χ2n) is 5.63. The summed E-state index contributed by atoms with van der Waals surface area (Å²) in [7, 11) is 1.62. The number of carboxylic acid groups (broad SMARTS) is 1. The molecule has 0 spiro atoms. The van der Waals surface area contributed by atoms with E-state index >= 15 is 0 Å². The van der Waals surface area contributed by atoms with Crippen molar-refractivity contribution in [1.29, 1.82) is 0 Å². The fourth-order valence-electron chi connectivity index (χ4n) is 1.46. The van der Waals surface area contributed by atoms with Gasteiger partial charge in [-0.25, -0.2) is 0 Å². The van der Waals surface area contributed by atoms with Crippen LogP contribution in [0.1, 0.15) is 13.8 Å². The molecule has 0 bridgehead atoms. The number of ether oxygens (including phenoxy) is 5. The molecule has 0 aliphatic carbocycles. The van der Waals surface area contributed by atoms with Crippen LogP contribution in [0, 0.1) is 5.41 Å². The van der Waals surface area contributed by atoms with Crippen molar-refractivity contribution in [3.8, 4) is 0 Å². The van der Waals surface area contributed by atoms with E-state index in [0.717, 1.165) is 0 Å². The van der Waals surface area contributed by atoms with Crippen molar-refractivity contribution in [2.45, 2.75) is 13.8 Å². The first-order valence-electron chi connectivity index (χ1n) is 8.24. The predicted molar refractivity (Wildman–Crippen MR) is 89.6 cm³/mol. The van der Waals surface area contributed by atoms with Gasteiger partial charge in [0.2, 0.25) is 5.91 Å². The van der Waals surface area contributed by atoms with Crippen LogP contribution in [0.5, 0.6) is 0 Å². The lowest BCUT2D eigenvalue weighted by Crippen LogP contribution is -2.43. The van der Waals surface area contributed by atoms with Gasteiger partial charge in [-0.05, 0) is 13.8 Å². The van der Waals surface area contributed by atoms with Crippen LogP contribution in [0.15, 0.2) is 0 Å². The van der Waals surface area contributed by atoms with Crippen molar-refractivity contribution in [3.05, 3.63) is 0 Å². The van der Waals surface area contributed by atoms with Crippen molar-refractivity contribution in [3.63, 3.8) is 0 Å². The van der Waals surface area contributed by atoms with E-state index in [4.69, 9.17) is 28.8 Å². The van der Waals surface area contributed by atoms with E-state index in [2.05, 4.69) is 5.32 Å². The van der Waals surface area contributed by atoms with Gasteiger partial charge in [-0.3, -0.25) is 9.59 Å². The number of carbonyl (C=O) groups is 2. The molecule has 1 amide bonds. The highest BCUT2D eigenvalue weighted by Gasteiger charge is 2.35. The minimum absolute atomic E-state index is 0.252. The molecule has 0 aromatic carbocycles. The zero-order valence-electron chi connectivity index (χ0n) is 15.4. The van der Waals surface area contributed by atoms with E-state index in [9.17, 15) is 9.59 Å². The summed E-state index contributed by atoms with van der Waals surface area (Å²) in [6, 6.07) is 0. The summed E-state index contributed by atoms with van der Waals surface area (Å²) in [4.78, 5) is 22.5. The third-order valence-corrected chi connectivity index (χ3v) is 3.18. The van der Waals surface area contributed by atoms with Gasteiger partial charge in [0.1, 0.15) is 5.41 Å². The van der Waals surface area contributed by atoms with Gasteiger partial charge in [0.15, 0.2) is 0 Å². The summed E-state index contributed by atoms with van der Waals surface area (Å²) < 4.78 is 26.0. The SMILES string of the molecule is COCCOCCOCCOCCOCCNC(=O)C(C)(C)C(=O)O. The summed E-state index contributed by atoms with van der Waals surface area (Å²) in [5, 5.41) is 11.4. The number of rotatable bonds is 17. The van der Waals surface area contributed by atoms with Gasteiger partial charge >= 0.3 is 5.97 Å². The van der Waals surface area contributed by atoms with Crippen LogP contribution in [0.4, 0.5) is 0 Å². The summed E-state index contributed by atoms with van der Waals surface area (Å²) in [6.45, 7) is 7.17. The minimum Gasteiger partial charge on any atom is -0.480 e. The van der Waals surface area contributed by atoms with Crippen molar-refractivity contribution in [2.75, 3.05) is 73.1 Å². The van der Waals surface area contributed by atoms with Gasteiger partial charge in [-0.15, -0.1) is 0 Å². The highest BCUT2D eigenvalue weighted by Crippen LogP contribution is 2.14. The monoisotopic (exact) mass is 365 g/mol. The van der Waals surface area contributed by atoms with Crippen LogP contribution >= 0.6 is 0 Å². The zero-order valence-corrected chi connectivity index (χ0v) is 15.4. The lowest BCUT2D eigenvalue weighted by Gasteiger charge is -2.18. The molecule has 0 atom stereocenters. The normalized spacial score (nSPS) is 11.5. The van der Waals surface area contributed by atoms with Crippen molar-refractivity contribution in [2.24, 2.45) is 5.41 Å². The van der Waals surface area contributed by atoms with E-state index in [0.29, 0.717) is 59.5 Å².